The summed E-state index contributed by atoms with van der Waals surface area (Å²) in [6, 6.07) is 21.0. The zero-order chi connectivity index (χ0) is 17.0. The van der Waals surface area contributed by atoms with Gasteiger partial charge in [-0.25, -0.2) is 0 Å². The van der Waals surface area contributed by atoms with Crippen LogP contribution in [0.4, 0.5) is 0 Å². The molecule has 0 saturated carbocycles. The monoisotopic (exact) mass is 325 g/mol. The number of hydrogen-bond acceptors (Lipinski definition) is 2. The summed E-state index contributed by atoms with van der Waals surface area (Å²) in [5.41, 5.74) is 2.46. The zero-order valence-corrected chi connectivity index (χ0v) is 15.2. The first-order valence-corrected chi connectivity index (χ1v) is 9.13. The van der Waals surface area contributed by atoms with Gasteiger partial charge in [0.1, 0.15) is 6.10 Å². The summed E-state index contributed by atoms with van der Waals surface area (Å²) >= 11 is 0. The second-order valence-corrected chi connectivity index (χ2v) is 6.64. The maximum Gasteiger partial charge on any atom is 0.108 e. The van der Waals surface area contributed by atoms with Crippen LogP contribution >= 0.6 is 0 Å². The average Bonchev–Trinajstić information content (AvgIpc) is 2.62. The van der Waals surface area contributed by atoms with Crippen LogP contribution in [-0.4, -0.2) is 32.1 Å². The van der Waals surface area contributed by atoms with Gasteiger partial charge in [-0.2, -0.15) is 0 Å². The molecule has 2 aromatic rings. The number of hydrogen-bond donors (Lipinski definition) is 0. The van der Waals surface area contributed by atoms with E-state index in [2.05, 4.69) is 79.7 Å². The SMILES string of the molecule is CN(C)CCCCCCCOC(c1ccccc1)c1ccccc1. The van der Waals surface area contributed by atoms with Crippen LogP contribution in [0.5, 0.6) is 0 Å². The molecule has 24 heavy (non-hydrogen) atoms. The molecule has 0 aliphatic rings. The van der Waals surface area contributed by atoms with E-state index in [1.807, 2.05) is 0 Å². The van der Waals surface area contributed by atoms with Gasteiger partial charge in [-0.05, 0) is 44.6 Å². The van der Waals surface area contributed by atoms with E-state index in [0.29, 0.717) is 0 Å². The first-order chi connectivity index (χ1) is 11.8. The van der Waals surface area contributed by atoms with Crippen molar-refractivity contribution in [2.75, 3.05) is 27.2 Å². The Labute approximate surface area is 147 Å². The lowest BCUT2D eigenvalue weighted by Gasteiger charge is -2.19. The van der Waals surface area contributed by atoms with Gasteiger partial charge in [-0.3, -0.25) is 0 Å². The number of benzene rings is 2. The first-order valence-electron chi connectivity index (χ1n) is 9.13. The van der Waals surface area contributed by atoms with Gasteiger partial charge >= 0.3 is 0 Å². The lowest BCUT2D eigenvalue weighted by atomic mass is 10.0. The summed E-state index contributed by atoms with van der Waals surface area (Å²) in [4.78, 5) is 2.26. The van der Waals surface area contributed by atoms with Gasteiger partial charge in [-0.1, -0.05) is 79.9 Å². The lowest BCUT2D eigenvalue weighted by molar-refractivity contribution is 0.0768. The first kappa shape index (κ1) is 18.7. The van der Waals surface area contributed by atoms with Crippen LogP contribution in [0, 0.1) is 0 Å². The molecule has 0 unspecified atom stereocenters. The van der Waals surface area contributed by atoms with Gasteiger partial charge in [0.25, 0.3) is 0 Å². The minimum Gasteiger partial charge on any atom is -0.369 e. The zero-order valence-electron chi connectivity index (χ0n) is 15.2. The molecule has 0 aliphatic carbocycles. The van der Waals surface area contributed by atoms with Crippen molar-refractivity contribution in [3.8, 4) is 0 Å². The standard InChI is InChI=1S/C22H31NO/c1-23(2)18-12-4-3-5-13-19-24-22(20-14-8-6-9-15-20)21-16-10-7-11-17-21/h6-11,14-17,22H,3-5,12-13,18-19H2,1-2H3. The Bertz CT molecular complexity index is 499. The van der Waals surface area contributed by atoms with Gasteiger partial charge in [0.15, 0.2) is 0 Å². The number of rotatable bonds is 11. The van der Waals surface area contributed by atoms with Gasteiger partial charge in [0.2, 0.25) is 0 Å². The van der Waals surface area contributed by atoms with E-state index in [1.54, 1.807) is 0 Å². The van der Waals surface area contributed by atoms with Crippen molar-refractivity contribution in [1.82, 2.24) is 4.90 Å². The normalized spacial score (nSPS) is 11.3. The van der Waals surface area contributed by atoms with Crippen LogP contribution in [0.25, 0.3) is 0 Å². The Kier molecular flexibility index (Phi) is 8.58. The molecule has 0 spiro atoms. The van der Waals surface area contributed by atoms with E-state index in [9.17, 15) is 0 Å². The van der Waals surface area contributed by atoms with Crippen LogP contribution in [0.15, 0.2) is 60.7 Å². The van der Waals surface area contributed by atoms with Crippen molar-refractivity contribution in [3.05, 3.63) is 71.8 Å². The molecular formula is C22H31NO. The van der Waals surface area contributed by atoms with Crippen molar-refractivity contribution in [2.45, 2.75) is 38.2 Å². The number of nitrogens with zero attached hydrogens (tertiary/aromatic N) is 1. The predicted octanol–water partition coefficient (Wildman–Crippen LogP) is 5.30. The van der Waals surface area contributed by atoms with Crippen LogP contribution in [0.2, 0.25) is 0 Å². The second kappa shape index (κ2) is 11.0. The molecule has 130 valence electrons. The van der Waals surface area contributed by atoms with E-state index in [0.717, 1.165) is 13.0 Å². The molecule has 0 aromatic heterocycles. The molecule has 0 bridgehead atoms. The highest BCUT2D eigenvalue weighted by atomic mass is 16.5. The summed E-state index contributed by atoms with van der Waals surface area (Å²) in [5.74, 6) is 0. The molecule has 2 rings (SSSR count). The third-order valence-corrected chi connectivity index (χ3v) is 4.24. The third-order valence-electron chi connectivity index (χ3n) is 4.24. The Morgan fingerprint density at radius 3 is 1.75 bits per heavy atom. The highest BCUT2D eigenvalue weighted by Gasteiger charge is 2.13. The predicted molar refractivity (Wildman–Crippen MR) is 102 cm³/mol. The molecule has 0 atom stereocenters. The van der Waals surface area contributed by atoms with Crippen molar-refractivity contribution < 1.29 is 4.74 Å². The molecule has 0 heterocycles. The molecule has 0 amide bonds. The molecule has 0 fully saturated rings. The van der Waals surface area contributed by atoms with E-state index in [1.165, 1.54) is 43.4 Å². The van der Waals surface area contributed by atoms with Crippen molar-refractivity contribution >= 4 is 0 Å². The highest BCUT2D eigenvalue weighted by molar-refractivity contribution is 5.29. The van der Waals surface area contributed by atoms with Crippen LogP contribution in [0.1, 0.15) is 49.3 Å². The fourth-order valence-electron chi connectivity index (χ4n) is 2.90. The molecule has 2 aromatic carbocycles. The van der Waals surface area contributed by atoms with E-state index in [4.69, 9.17) is 4.74 Å². The van der Waals surface area contributed by atoms with Gasteiger partial charge in [0.05, 0.1) is 0 Å². The topological polar surface area (TPSA) is 12.5 Å². The minimum absolute atomic E-state index is 0.0427. The maximum absolute atomic E-state index is 6.25. The quantitative estimate of drug-likeness (QED) is 0.519. The molecule has 2 heteroatoms. The molecule has 2 nitrogen and oxygen atoms in total. The fraction of sp³-hybridized carbons (Fsp3) is 0.455. The van der Waals surface area contributed by atoms with E-state index >= 15 is 0 Å². The summed E-state index contributed by atoms with van der Waals surface area (Å²) in [5, 5.41) is 0. The van der Waals surface area contributed by atoms with Gasteiger partial charge in [0, 0.05) is 6.61 Å². The average molecular weight is 325 g/mol. The largest absolute Gasteiger partial charge is 0.369 e. The van der Waals surface area contributed by atoms with Crippen molar-refractivity contribution in [2.24, 2.45) is 0 Å². The Hall–Kier alpha value is -1.64. The highest BCUT2D eigenvalue weighted by Crippen LogP contribution is 2.26. The smallest absolute Gasteiger partial charge is 0.108 e. The van der Waals surface area contributed by atoms with E-state index < -0.39 is 0 Å². The Morgan fingerprint density at radius 1 is 0.708 bits per heavy atom. The maximum atomic E-state index is 6.25. The van der Waals surface area contributed by atoms with Crippen molar-refractivity contribution in [3.63, 3.8) is 0 Å². The molecule has 0 N–H and O–H groups in total. The van der Waals surface area contributed by atoms with Crippen LogP contribution in [0.3, 0.4) is 0 Å². The molecular weight excluding hydrogens is 294 g/mol. The van der Waals surface area contributed by atoms with Gasteiger partial charge in [-0.15, -0.1) is 0 Å². The number of ether oxygens (including phenoxy) is 1. The van der Waals surface area contributed by atoms with Gasteiger partial charge < -0.3 is 9.64 Å². The van der Waals surface area contributed by atoms with Crippen LogP contribution < -0.4 is 0 Å². The third kappa shape index (κ3) is 6.86. The minimum atomic E-state index is 0.0427. The Morgan fingerprint density at radius 2 is 1.21 bits per heavy atom. The van der Waals surface area contributed by atoms with Crippen LogP contribution in [-0.2, 0) is 4.74 Å². The summed E-state index contributed by atoms with van der Waals surface area (Å²) in [6.45, 7) is 2.02. The molecule has 0 radical (unpaired) electrons. The molecule has 0 saturated heterocycles. The fourth-order valence-corrected chi connectivity index (χ4v) is 2.90. The number of unbranched alkanes of at least 4 members (excludes halogenated alkanes) is 4. The summed E-state index contributed by atoms with van der Waals surface area (Å²) in [7, 11) is 4.28. The summed E-state index contributed by atoms with van der Waals surface area (Å²) in [6.07, 6.45) is 6.35. The Balaban J connectivity index is 1.76. The summed E-state index contributed by atoms with van der Waals surface area (Å²) < 4.78 is 6.25. The molecule has 0 aliphatic heterocycles. The van der Waals surface area contributed by atoms with E-state index in [-0.39, 0.29) is 6.10 Å². The lowest BCUT2D eigenvalue weighted by Crippen LogP contribution is -2.12. The second-order valence-electron chi connectivity index (χ2n) is 6.64. The van der Waals surface area contributed by atoms with Crippen molar-refractivity contribution in [1.29, 1.82) is 0 Å².